The number of nitrogens with two attached hydrogens (primary N) is 1. The Balaban J connectivity index is 2.33. The van der Waals surface area contributed by atoms with Crippen molar-refractivity contribution in [2.45, 2.75) is 25.8 Å². The molecule has 0 fully saturated rings. The van der Waals surface area contributed by atoms with E-state index in [0.717, 1.165) is 5.56 Å². The third-order valence-electron chi connectivity index (χ3n) is 3.18. The Morgan fingerprint density at radius 3 is 2.82 bits per heavy atom. The van der Waals surface area contributed by atoms with Gasteiger partial charge in [0.25, 0.3) is 0 Å². The summed E-state index contributed by atoms with van der Waals surface area (Å²) in [6.45, 7) is 1.85. The second kappa shape index (κ2) is 4.72. The molecule has 2 rings (SSSR count). The number of benzene rings is 1. The molecule has 1 heterocycles. The first-order valence-corrected chi connectivity index (χ1v) is 5.94. The van der Waals surface area contributed by atoms with E-state index in [1.807, 2.05) is 26.1 Å². The van der Waals surface area contributed by atoms with Gasteiger partial charge < -0.3 is 10.3 Å². The molecular formula is C14H18N2O. The van der Waals surface area contributed by atoms with Gasteiger partial charge in [-0.1, -0.05) is 25.1 Å². The molecule has 0 radical (unpaired) electrons. The van der Waals surface area contributed by atoms with Gasteiger partial charge in [0, 0.05) is 30.6 Å². The molecule has 2 N–H and O–H groups in total. The first kappa shape index (κ1) is 11.9. The van der Waals surface area contributed by atoms with Crippen LogP contribution < -0.4 is 5.73 Å². The number of aromatic nitrogens is 1. The molecule has 0 aliphatic heterocycles. The Bertz CT molecular complexity index is 542. The van der Waals surface area contributed by atoms with Crippen molar-refractivity contribution >= 4 is 16.7 Å². The lowest BCUT2D eigenvalue weighted by Crippen LogP contribution is -2.32. The highest BCUT2D eigenvalue weighted by molar-refractivity contribution is 5.87. The molecule has 0 bridgehead atoms. The predicted molar refractivity (Wildman–Crippen MR) is 69.9 cm³/mol. The number of aryl methyl sites for hydroxylation is 1. The van der Waals surface area contributed by atoms with E-state index in [2.05, 4.69) is 22.9 Å². The van der Waals surface area contributed by atoms with E-state index >= 15 is 0 Å². The molecule has 1 atom stereocenters. The molecule has 0 aliphatic rings. The van der Waals surface area contributed by atoms with E-state index < -0.39 is 0 Å². The van der Waals surface area contributed by atoms with Crippen molar-refractivity contribution in [3.8, 4) is 0 Å². The number of hydrogen-bond donors (Lipinski definition) is 1. The van der Waals surface area contributed by atoms with Gasteiger partial charge in [-0.3, -0.25) is 4.79 Å². The van der Waals surface area contributed by atoms with Gasteiger partial charge in [0.1, 0.15) is 5.78 Å². The monoisotopic (exact) mass is 230 g/mol. The maximum atomic E-state index is 11.5. The minimum atomic E-state index is -0.384. The Kier molecular flexibility index (Phi) is 3.29. The van der Waals surface area contributed by atoms with Crippen molar-refractivity contribution in [3.63, 3.8) is 0 Å². The summed E-state index contributed by atoms with van der Waals surface area (Å²) in [4.78, 5) is 11.5. The molecule has 1 aromatic carbocycles. The Hall–Kier alpha value is -1.61. The van der Waals surface area contributed by atoms with Crippen LogP contribution in [-0.2, 0) is 18.3 Å². The molecule has 0 spiro atoms. The molecule has 0 amide bonds. The Morgan fingerprint density at radius 1 is 1.41 bits per heavy atom. The lowest BCUT2D eigenvalue weighted by atomic mass is 10.0. The van der Waals surface area contributed by atoms with Crippen molar-refractivity contribution in [2.24, 2.45) is 12.8 Å². The predicted octanol–water partition coefficient (Wildman–Crippen LogP) is 2.03. The topological polar surface area (TPSA) is 48.0 Å². The van der Waals surface area contributed by atoms with Crippen LogP contribution in [0.15, 0.2) is 30.5 Å². The number of rotatable bonds is 4. The summed E-state index contributed by atoms with van der Waals surface area (Å²) in [7, 11) is 2.01. The van der Waals surface area contributed by atoms with Crippen LogP contribution in [0.3, 0.4) is 0 Å². The SMILES string of the molecule is CCC(=O)C(N)Cc1cn(C)c2ccccc12. The van der Waals surface area contributed by atoms with Gasteiger partial charge in [-0.2, -0.15) is 0 Å². The lowest BCUT2D eigenvalue weighted by molar-refractivity contribution is -0.119. The maximum Gasteiger partial charge on any atom is 0.149 e. The van der Waals surface area contributed by atoms with Crippen LogP contribution >= 0.6 is 0 Å². The zero-order chi connectivity index (χ0) is 12.4. The third kappa shape index (κ3) is 2.24. The quantitative estimate of drug-likeness (QED) is 0.873. The number of fused-ring (bicyclic) bond motifs is 1. The Labute approximate surface area is 101 Å². The Morgan fingerprint density at radius 2 is 2.12 bits per heavy atom. The zero-order valence-corrected chi connectivity index (χ0v) is 10.3. The smallest absolute Gasteiger partial charge is 0.149 e. The van der Waals surface area contributed by atoms with Crippen molar-refractivity contribution in [3.05, 3.63) is 36.0 Å². The lowest BCUT2D eigenvalue weighted by Gasteiger charge is -2.07. The molecule has 0 aliphatic carbocycles. The average molecular weight is 230 g/mol. The van der Waals surface area contributed by atoms with Crippen LogP contribution in [0.5, 0.6) is 0 Å². The van der Waals surface area contributed by atoms with Gasteiger partial charge in [0.15, 0.2) is 0 Å². The van der Waals surface area contributed by atoms with Crippen molar-refractivity contribution in [1.82, 2.24) is 4.57 Å². The summed E-state index contributed by atoms with van der Waals surface area (Å²) in [5.74, 6) is 0.123. The number of ketones is 1. The molecule has 1 unspecified atom stereocenters. The summed E-state index contributed by atoms with van der Waals surface area (Å²) in [6.07, 6.45) is 3.19. The van der Waals surface area contributed by atoms with E-state index in [4.69, 9.17) is 5.73 Å². The second-order valence-electron chi connectivity index (χ2n) is 4.41. The van der Waals surface area contributed by atoms with Gasteiger partial charge in [-0.15, -0.1) is 0 Å². The zero-order valence-electron chi connectivity index (χ0n) is 10.3. The van der Waals surface area contributed by atoms with Gasteiger partial charge in [-0.05, 0) is 18.1 Å². The molecule has 1 aromatic heterocycles. The summed E-state index contributed by atoms with van der Waals surface area (Å²) < 4.78 is 2.08. The van der Waals surface area contributed by atoms with Crippen LogP contribution in [0.1, 0.15) is 18.9 Å². The second-order valence-corrected chi connectivity index (χ2v) is 4.41. The molecule has 0 saturated carbocycles. The van der Waals surface area contributed by atoms with Gasteiger partial charge >= 0.3 is 0 Å². The van der Waals surface area contributed by atoms with E-state index in [-0.39, 0.29) is 11.8 Å². The molecular weight excluding hydrogens is 212 g/mol. The fraction of sp³-hybridized carbons (Fsp3) is 0.357. The van der Waals surface area contributed by atoms with E-state index in [0.29, 0.717) is 12.8 Å². The standard InChI is InChI=1S/C14H18N2O/c1-3-14(17)12(15)8-10-9-16(2)13-7-5-4-6-11(10)13/h4-7,9,12H,3,8,15H2,1-2H3. The maximum absolute atomic E-state index is 11.5. The van der Waals surface area contributed by atoms with Crippen LogP contribution in [0, 0.1) is 0 Å². The molecule has 0 saturated heterocycles. The van der Waals surface area contributed by atoms with Crippen molar-refractivity contribution < 1.29 is 4.79 Å². The summed E-state index contributed by atoms with van der Waals surface area (Å²) in [5.41, 5.74) is 8.23. The van der Waals surface area contributed by atoms with Crippen LogP contribution in [0.25, 0.3) is 10.9 Å². The molecule has 3 nitrogen and oxygen atoms in total. The van der Waals surface area contributed by atoms with Gasteiger partial charge in [-0.25, -0.2) is 0 Å². The van der Waals surface area contributed by atoms with Gasteiger partial charge in [0.05, 0.1) is 6.04 Å². The number of hydrogen-bond acceptors (Lipinski definition) is 2. The largest absolute Gasteiger partial charge is 0.350 e. The van der Waals surface area contributed by atoms with Crippen LogP contribution in [0.2, 0.25) is 0 Å². The number of Topliss-reactive ketones (excluding diaryl/α,β-unsaturated/α-hetero) is 1. The number of carbonyl (C=O) groups excluding carboxylic acids is 1. The van der Waals surface area contributed by atoms with Crippen LogP contribution in [-0.4, -0.2) is 16.4 Å². The van der Waals surface area contributed by atoms with Crippen molar-refractivity contribution in [1.29, 1.82) is 0 Å². The highest BCUT2D eigenvalue weighted by Gasteiger charge is 2.15. The first-order chi connectivity index (χ1) is 8.13. The highest BCUT2D eigenvalue weighted by atomic mass is 16.1. The molecule has 90 valence electrons. The minimum absolute atomic E-state index is 0.123. The molecule has 2 aromatic rings. The third-order valence-corrected chi connectivity index (χ3v) is 3.18. The van der Waals surface area contributed by atoms with E-state index in [9.17, 15) is 4.79 Å². The molecule has 3 heteroatoms. The normalized spacial score (nSPS) is 12.9. The van der Waals surface area contributed by atoms with Crippen LogP contribution in [0.4, 0.5) is 0 Å². The summed E-state index contributed by atoms with van der Waals surface area (Å²) >= 11 is 0. The first-order valence-electron chi connectivity index (χ1n) is 5.94. The van der Waals surface area contributed by atoms with E-state index in [1.54, 1.807) is 0 Å². The number of carbonyl (C=O) groups is 1. The summed E-state index contributed by atoms with van der Waals surface area (Å²) in [5, 5.41) is 1.19. The number of para-hydroxylation sites is 1. The average Bonchev–Trinajstić information content (AvgIpc) is 2.66. The van der Waals surface area contributed by atoms with Gasteiger partial charge in [0.2, 0.25) is 0 Å². The minimum Gasteiger partial charge on any atom is -0.350 e. The molecule has 17 heavy (non-hydrogen) atoms. The summed E-state index contributed by atoms with van der Waals surface area (Å²) in [6, 6.07) is 7.80. The van der Waals surface area contributed by atoms with Crippen molar-refractivity contribution in [2.75, 3.05) is 0 Å². The number of nitrogens with zero attached hydrogens (tertiary/aromatic N) is 1. The fourth-order valence-corrected chi connectivity index (χ4v) is 2.20. The fourth-order valence-electron chi connectivity index (χ4n) is 2.20. The van der Waals surface area contributed by atoms with E-state index in [1.165, 1.54) is 10.9 Å². The highest BCUT2D eigenvalue weighted by Crippen LogP contribution is 2.21.